The number of carbonyl (C=O) groups excluding carboxylic acids is 1. The number of rotatable bonds is 5. The van der Waals surface area contributed by atoms with E-state index in [1.165, 1.54) is 0 Å². The molecule has 4 nitrogen and oxygen atoms in total. The Labute approximate surface area is 188 Å². The molecule has 0 bridgehead atoms. The first-order chi connectivity index (χ1) is 15.1. The SMILES string of the molecule is CCOC(=O)c1c(-c2ccc(Br)cc2)oc(=O)c(-c2ccccc2)c1-c1ccccc1. The van der Waals surface area contributed by atoms with Crippen molar-refractivity contribution in [2.45, 2.75) is 6.92 Å². The quantitative estimate of drug-likeness (QED) is 0.306. The van der Waals surface area contributed by atoms with Crippen LogP contribution in [0.2, 0.25) is 0 Å². The second-order valence-corrected chi connectivity index (χ2v) is 7.72. The molecule has 0 saturated heterocycles. The van der Waals surface area contributed by atoms with Crippen molar-refractivity contribution in [2.75, 3.05) is 6.61 Å². The van der Waals surface area contributed by atoms with Gasteiger partial charge in [-0.1, -0.05) is 88.7 Å². The number of hydrogen-bond acceptors (Lipinski definition) is 4. The summed E-state index contributed by atoms with van der Waals surface area (Å²) in [7, 11) is 0. The molecule has 1 aromatic heterocycles. The van der Waals surface area contributed by atoms with Gasteiger partial charge in [-0.25, -0.2) is 9.59 Å². The fourth-order valence-corrected chi connectivity index (χ4v) is 3.76. The summed E-state index contributed by atoms with van der Waals surface area (Å²) in [6.45, 7) is 1.95. The van der Waals surface area contributed by atoms with Crippen molar-refractivity contribution in [1.29, 1.82) is 0 Å². The Morgan fingerprint density at radius 2 is 1.35 bits per heavy atom. The predicted octanol–water partition coefficient (Wildman–Crippen LogP) is 6.58. The van der Waals surface area contributed by atoms with Gasteiger partial charge in [-0.05, 0) is 30.2 Å². The van der Waals surface area contributed by atoms with Gasteiger partial charge in [-0.15, -0.1) is 0 Å². The molecule has 0 amide bonds. The third kappa shape index (κ3) is 4.23. The van der Waals surface area contributed by atoms with Crippen molar-refractivity contribution in [3.05, 3.63) is 105 Å². The first kappa shape index (κ1) is 20.8. The molecule has 0 spiro atoms. The van der Waals surface area contributed by atoms with Crippen LogP contribution in [0.1, 0.15) is 17.3 Å². The Hall–Kier alpha value is -3.44. The van der Waals surface area contributed by atoms with E-state index < -0.39 is 11.6 Å². The summed E-state index contributed by atoms with van der Waals surface area (Å²) in [6.07, 6.45) is 0. The fourth-order valence-electron chi connectivity index (χ4n) is 3.50. The minimum Gasteiger partial charge on any atom is -0.462 e. The highest BCUT2D eigenvalue weighted by Gasteiger charge is 2.28. The average molecular weight is 475 g/mol. The van der Waals surface area contributed by atoms with Crippen molar-refractivity contribution in [3.63, 3.8) is 0 Å². The third-order valence-corrected chi connectivity index (χ3v) is 5.37. The van der Waals surface area contributed by atoms with E-state index in [2.05, 4.69) is 15.9 Å². The monoisotopic (exact) mass is 474 g/mol. The van der Waals surface area contributed by atoms with Gasteiger partial charge in [0, 0.05) is 15.6 Å². The van der Waals surface area contributed by atoms with Gasteiger partial charge in [0.15, 0.2) is 5.76 Å². The molecule has 3 aromatic carbocycles. The lowest BCUT2D eigenvalue weighted by molar-refractivity contribution is 0.0526. The molecule has 0 atom stereocenters. The van der Waals surface area contributed by atoms with Gasteiger partial charge < -0.3 is 9.15 Å². The molecular formula is C26H19BrO4. The Balaban J connectivity index is 2.14. The van der Waals surface area contributed by atoms with Crippen molar-refractivity contribution in [1.82, 2.24) is 0 Å². The normalized spacial score (nSPS) is 10.6. The summed E-state index contributed by atoms with van der Waals surface area (Å²) in [5, 5.41) is 0. The van der Waals surface area contributed by atoms with E-state index in [9.17, 15) is 9.59 Å². The Kier molecular flexibility index (Phi) is 6.14. The molecule has 4 rings (SSSR count). The molecule has 154 valence electrons. The maximum absolute atomic E-state index is 13.3. The molecule has 31 heavy (non-hydrogen) atoms. The number of halogens is 1. The van der Waals surface area contributed by atoms with Gasteiger partial charge in [0.05, 0.1) is 12.2 Å². The molecular weight excluding hydrogens is 456 g/mol. The van der Waals surface area contributed by atoms with E-state index in [1.54, 1.807) is 19.1 Å². The number of ether oxygens (including phenoxy) is 1. The number of carbonyl (C=O) groups is 1. The first-order valence-electron chi connectivity index (χ1n) is 9.85. The number of hydrogen-bond donors (Lipinski definition) is 0. The van der Waals surface area contributed by atoms with Crippen molar-refractivity contribution < 1.29 is 13.9 Å². The molecule has 4 aromatic rings. The Bertz CT molecular complexity index is 1260. The predicted molar refractivity (Wildman–Crippen MR) is 125 cm³/mol. The van der Waals surface area contributed by atoms with Crippen molar-refractivity contribution >= 4 is 21.9 Å². The molecule has 0 saturated carbocycles. The molecule has 0 aliphatic heterocycles. The lowest BCUT2D eigenvalue weighted by atomic mass is 9.90. The van der Waals surface area contributed by atoms with Crippen LogP contribution in [-0.2, 0) is 4.74 Å². The molecule has 0 N–H and O–H groups in total. The average Bonchev–Trinajstić information content (AvgIpc) is 2.80. The number of esters is 1. The second-order valence-electron chi connectivity index (χ2n) is 6.80. The van der Waals surface area contributed by atoms with Crippen LogP contribution < -0.4 is 5.63 Å². The zero-order chi connectivity index (χ0) is 21.8. The molecule has 1 heterocycles. The van der Waals surface area contributed by atoms with E-state index in [0.29, 0.717) is 22.3 Å². The summed E-state index contributed by atoms with van der Waals surface area (Å²) in [5.74, 6) is -0.352. The first-order valence-corrected chi connectivity index (χ1v) is 10.6. The minimum atomic E-state index is -0.541. The van der Waals surface area contributed by atoms with Crippen LogP contribution in [0.25, 0.3) is 33.6 Å². The van der Waals surface area contributed by atoms with Crippen LogP contribution in [0, 0.1) is 0 Å². The van der Waals surface area contributed by atoms with Crippen LogP contribution >= 0.6 is 15.9 Å². The summed E-state index contributed by atoms with van der Waals surface area (Å²) >= 11 is 3.41. The molecule has 0 radical (unpaired) electrons. The molecule has 0 aliphatic rings. The zero-order valence-corrected chi connectivity index (χ0v) is 18.4. The molecule has 0 aliphatic carbocycles. The van der Waals surface area contributed by atoms with Gasteiger partial charge in [-0.3, -0.25) is 0 Å². The summed E-state index contributed by atoms with van der Waals surface area (Å²) < 4.78 is 12.0. The highest BCUT2D eigenvalue weighted by molar-refractivity contribution is 9.10. The largest absolute Gasteiger partial charge is 0.462 e. The van der Waals surface area contributed by atoms with Crippen molar-refractivity contribution in [3.8, 4) is 33.6 Å². The van der Waals surface area contributed by atoms with Crippen LogP contribution in [-0.4, -0.2) is 12.6 Å². The van der Waals surface area contributed by atoms with Crippen LogP contribution in [0.3, 0.4) is 0 Å². The van der Waals surface area contributed by atoms with E-state index in [-0.39, 0.29) is 17.9 Å². The summed E-state index contributed by atoms with van der Waals surface area (Å²) in [6, 6.07) is 25.8. The fraction of sp³-hybridized carbons (Fsp3) is 0.0769. The molecule has 0 fully saturated rings. The maximum atomic E-state index is 13.3. The van der Waals surface area contributed by atoms with Gasteiger partial charge >= 0.3 is 11.6 Å². The van der Waals surface area contributed by atoms with Crippen LogP contribution in [0.5, 0.6) is 0 Å². The van der Waals surface area contributed by atoms with Crippen LogP contribution in [0.15, 0.2) is 98.6 Å². The van der Waals surface area contributed by atoms with E-state index in [1.807, 2.05) is 72.8 Å². The van der Waals surface area contributed by atoms with Gasteiger partial charge in [-0.2, -0.15) is 0 Å². The lowest BCUT2D eigenvalue weighted by Gasteiger charge is -2.17. The topological polar surface area (TPSA) is 56.5 Å². The van der Waals surface area contributed by atoms with Gasteiger partial charge in [0.25, 0.3) is 0 Å². The Morgan fingerprint density at radius 3 is 1.90 bits per heavy atom. The molecule has 0 unspecified atom stereocenters. The molecule has 5 heteroatoms. The lowest BCUT2D eigenvalue weighted by Crippen LogP contribution is -2.15. The van der Waals surface area contributed by atoms with Crippen molar-refractivity contribution in [2.24, 2.45) is 0 Å². The van der Waals surface area contributed by atoms with Crippen LogP contribution in [0.4, 0.5) is 0 Å². The van der Waals surface area contributed by atoms with Gasteiger partial charge in [0.2, 0.25) is 0 Å². The highest BCUT2D eigenvalue weighted by atomic mass is 79.9. The minimum absolute atomic E-state index is 0.189. The van der Waals surface area contributed by atoms with E-state index in [4.69, 9.17) is 9.15 Å². The third-order valence-electron chi connectivity index (χ3n) is 4.84. The standard InChI is InChI=1S/C26H19BrO4/c1-2-30-25(28)23-21(17-9-5-3-6-10-17)22(18-11-7-4-8-12-18)26(29)31-24(23)19-13-15-20(27)16-14-19/h3-16H,2H2,1H3. The zero-order valence-electron chi connectivity index (χ0n) is 16.8. The highest BCUT2D eigenvalue weighted by Crippen LogP contribution is 2.38. The Morgan fingerprint density at radius 1 is 0.806 bits per heavy atom. The number of benzene rings is 3. The smallest absolute Gasteiger partial charge is 0.344 e. The van der Waals surface area contributed by atoms with Gasteiger partial charge in [0.1, 0.15) is 5.56 Å². The summed E-state index contributed by atoms with van der Waals surface area (Å²) in [4.78, 5) is 26.5. The maximum Gasteiger partial charge on any atom is 0.344 e. The van der Waals surface area contributed by atoms with E-state index in [0.717, 1.165) is 10.0 Å². The summed E-state index contributed by atoms with van der Waals surface area (Å²) in [5.41, 5.74) is 2.55. The van der Waals surface area contributed by atoms with E-state index >= 15 is 0 Å². The second kappa shape index (κ2) is 9.14.